The van der Waals surface area contributed by atoms with E-state index >= 15 is 0 Å². The number of rotatable bonds is 3. The summed E-state index contributed by atoms with van der Waals surface area (Å²) in [7, 11) is 0. The lowest BCUT2D eigenvalue weighted by Gasteiger charge is -2.16. The van der Waals surface area contributed by atoms with E-state index in [0.717, 1.165) is 17.7 Å². The molecule has 0 spiro atoms. The van der Waals surface area contributed by atoms with Crippen molar-refractivity contribution in [2.75, 3.05) is 0 Å². The maximum atomic E-state index is 10.5. The van der Waals surface area contributed by atoms with Crippen LogP contribution in [0.1, 0.15) is 36.6 Å². The second-order valence-corrected chi connectivity index (χ2v) is 5.10. The number of halogens is 1. The van der Waals surface area contributed by atoms with Gasteiger partial charge in [-0.1, -0.05) is 24.2 Å². The van der Waals surface area contributed by atoms with Gasteiger partial charge in [-0.2, -0.15) is 0 Å². The third-order valence-corrected chi connectivity index (χ3v) is 4.17. The minimum atomic E-state index is -0.352. The lowest BCUT2D eigenvalue weighted by Crippen LogP contribution is -2.17. The van der Waals surface area contributed by atoms with Crippen molar-refractivity contribution in [1.82, 2.24) is 0 Å². The molecule has 90 valence electrons. The lowest BCUT2D eigenvalue weighted by atomic mass is 9.98. The van der Waals surface area contributed by atoms with Gasteiger partial charge in [0, 0.05) is 17.0 Å². The first kappa shape index (κ1) is 13.4. The Morgan fingerprint density at radius 1 is 1.44 bits per heavy atom. The largest absolute Gasteiger partial charge is 0.324 e. The van der Waals surface area contributed by atoms with Crippen LogP contribution in [-0.4, -0.2) is 4.92 Å². The third-order valence-electron chi connectivity index (χ3n) is 3.03. The summed E-state index contributed by atoms with van der Waals surface area (Å²) in [6.45, 7) is 0. The fourth-order valence-electron chi connectivity index (χ4n) is 2.17. The van der Waals surface area contributed by atoms with Crippen LogP contribution in [0.15, 0.2) is 12.1 Å². The SMILES string of the molecule is Cl.N[C@H](c1ccc([N+](=O)[O-])s1)C1CCCC1. The van der Waals surface area contributed by atoms with Crippen LogP contribution in [0, 0.1) is 16.0 Å². The first-order valence-corrected chi connectivity index (χ1v) is 6.00. The molecule has 0 bridgehead atoms. The Morgan fingerprint density at radius 3 is 2.56 bits per heavy atom. The molecule has 4 nitrogen and oxygen atoms in total. The molecular formula is C10H15ClN2O2S. The molecule has 1 heterocycles. The third kappa shape index (κ3) is 2.72. The van der Waals surface area contributed by atoms with Gasteiger partial charge in [0.15, 0.2) is 0 Å². The van der Waals surface area contributed by atoms with Crippen molar-refractivity contribution >= 4 is 28.7 Å². The zero-order valence-electron chi connectivity index (χ0n) is 8.80. The summed E-state index contributed by atoms with van der Waals surface area (Å²) in [6, 6.07) is 3.34. The normalized spacial score (nSPS) is 18.1. The van der Waals surface area contributed by atoms with Crippen molar-refractivity contribution in [3.8, 4) is 0 Å². The highest BCUT2D eigenvalue weighted by molar-refractivity contribution is 7.15. The van der Waals surface area contributed by atoms with Crippen LogP contribution >= 0.6 is 23.7 Å². The molecule has 1 atom stereocenters. The highest BCUT2D eigenvalue weighted by Gasteiger charge is 2.25. The molecule has 1 aliphatic carbocycles. The second kappa shape index (κ2) is 5.61. The van der Waals surface area contributed by atoms with Gasteiger partial charge in [0.05, 0.1) is 4.92 Å². The number of hydrogen-bond acceptors (Lipinski definition) is 4. The van der Waals surface area contributed by atoms with Crippen LogP contribution in [-0.2, 0) is 0 Å². The van der Waals surface area contributed by atoms with Crippen LogP contribution in [0.3, 0.4) is 0 Å². The average molecular weight is 263 g/mol. The Hall–Kier alpha value is -0.650. The first-order valence-electron chi connectivity index (χ1n) is 5.18. The van der Waals surface area contributed by atoms with Crippen LogP contribution in [0.4, 0.5) is 5.00 Å². The number of nitrogens with zero attached hydrogens (tertiary/aromatic N) is 1. The molecular weight excluding hydrogens is 248 g/mol. The standard InChI is InChI=1S/C10H14N2O2S.ClH/c11-10(7-3-1-2-4-7)8-5-6-9(15-8)12(13)14;/h5-7,10H,1-4,11H2;1H/t10-;/m0./s1. The van der Waals surface area contributed by atoms with Gasteiger partial charge < -0.3 is 5.73 Å². The summed E-state index contributed by atoms with van der Waals surface area (Å²) in [6.07, 6.45) is 4.80. The fraction of sp³-hybridized carbons (Fsp3) is 0.600. The second-order valence-electron chi connectivity index (χ2n) is 4.00. The van der Waals surface area contributed by atoms with E-state index in [9.17, 15) is 10.1 Å². The molecule has 16 heavy (non-hydrogen) atoms. The lowest BCUT2D eigenvalue weighted by molar-refractivity contribution is -0.380. The molecule has 2 rings (SSSR count). The van der Waals surface area contributed by atoms with Gasteiger partial charge in [-0.25, -0.2) is 0 Å². The quantitative estimate of drug-likeness (QED) is 0.671. The van der Waals surface area contributed by atoms with Gasteiger partial charge in [0.2, 0.25) is 0 Å². The molecule has 1 fully saturated rings. The van der Waals surface area contributed by atoms with Crippen molar-refractivity contribution < 1.29 is 4.92 Å². The summed E-state index contributed by atoms with van der Waals surface area (Å²) >= 11 is 1.21. The molecule has 0 saturated heterocycles. The molecule has 1 aromatic rings. The minimum Gasteiger partial charge on any atom is -0.323 e. The highest BCUT2D eigenvalue weighted by Crippen LogP contribution is 2.38. The molecule has 0 aromatic carbocycles. The zero-order valence-corrected chi connectivity index (χ0v) is 10.4. The summed E-state index contributed by atoms with van der Waals surface area (Å²) in [5, 5.41) is 10.7. The highest BCUT2D eigenvalue weighted by atomic mass is 35.5. The van der Waals surface area contributed by atoms with Crippen molar-refractivity contribution in [2.45, 2.75) is 31.7 Å². The van der Waals surface area contributed by atoms with E-state index in [0.29, 0.717) is 5.92 Å². The van der Waals surface area contributed by atoms with Gasteiger partial charge >= 0.3 is 5.00 Å². The molecule has 1 aromatic heterocycles. The van der Waals surface area contributed by atoms with Gasteiger partial charge in [-0.05, 0) is 24.8 Å². The van der Waals surface area contributed by atoms with E-state index in [1.807, 2.05) is 0 Å². The van der Waals surface area contributed by atoms with Gasteiger partial charge in [0.25, 0.3) is 0 Å². The molecule has 0 amide bonds. The van der Waals surface area contributed by atoms with Gasteiger partial charge in [-0.15, -0.1) is 12.4 Å². The van der Waals surface area contributed by atoms with E-state index in [1.165, 1.54) is 24.2 Å². The maximum Gasteiger partial charge on any atom is 0.324 e. The molecule has 0 radical (unpaired) electrons. The van der Waals surface area contributed by atoms with E-state index in [-0.39, 0.29) is 28.4 Å². The number of hydrogen-bond donors (Lipinski definition) is 1. The molecule has 1 saturated carbocycles. The Kier molecular flexibility index (Phi) is 4.70. The molecule has 2 N–H and O–H groups in total. The number of nitrogens with two attached hydrogens (primary N) is 1. The Morgan fingerprint density at radius 2 is 2.06 bits per heavy atom. The minimum absolute atomic E-state index is 0. The maximum absolute atomic E-state index is 10.5. The van der Waals surface area contributed by atoms with Gasteiger partial charge in [-0.3, -0.25) is 10.1 Å². The van der Waals surface area contributed by atoms with E-state index in [4.69, 9.17) is 5.73 Å². The summed E-state index contributed by atoms with van der Waals surface area (Å²) < 4.78 is 0. The predicted molar refractivity (Wildman–Crippen MR) is 67.1 cm³/mol. The van der Waals surface area contributed by atoms with Crippen LogP contribution < -0.4 is 5.73 Å². The Balaban J connectivity index is 0.00000128. The monoisotopic (exact) mass is 262 g/mol. The fourth-order valence-corrected chi connectivity index (χ4v) is 3.09. The topological polar surface area (TPSA) is 69.2 Å². The Bertz CT molecular complexity index is 363. The summed E-state index contributed by atoms with van der Waals surface area (Å²) in [5.74, 6) is 0.517. The van der Waals surface area contributed by atoms with Crippen molar-refractivity contribution in [3.63, 3.8) is 0 Å². The van der Waals surface area contributed by atoms with Crippen LogP contribution in [0.5, 0.6) is 0 Å². The van der Waals surface area contributed by atoms with E-state index < -0.39 is 0 Å². The van der Waals surface area contributed by atoms with Crippen molar-refractivity contribution in [3.05, 3.63) is 27.1 Å². The number of thiophene rings is 1. The average Bonchev–Trinajstić information content (AvgIpc) is 2.88. The summed E-state index contributed by atoms with van der Waals surface area (Å²) in [4.78, 5) is 11.1. The first-order chi connectivity index (χ1) is 7.18. The predicted octanol–water partition coefficient (Wildman–Crippen LogP) is 3.27. The molecule has 0 unspecified atom stereocenters. The smallest absolute Gasteiger partial charge is 0.323 e. The van der Waals surface area contributed by atoms with Crippen molar-refractivity contribution in [2.24, 2.45) is 11.7 Å². The van der Waals surface area contributed by atoms with Crippen LogP contribution in [0.2, 0.25) is 0 Å². The van der Waals surface area contributed by atoms with Crippen LogP contribution in [0.25, 0.3) is 0 Å². The Labute approximate surface area is 104 Å². The van der Waals surface area contributed by atoms with Gasteiger partial charge in [0.1, 0.15) is 0 Å². The van der Waals surface area contributed by atoms with Crippen molar-refractivity contribution in [1.29, 1.82) is 0 Å². The van der Waals surface area contributed by atoms with E-state index in [2.05, 4.69) is 0 Å². The zero-order chi connectivity index (χ0) is 10.8. The molecule has 1 aliphatic rings. The molecule has 6 heteroatoms. The molecule has 0 aliphatic heterocycles. The van der Waals surface area contributed by atoms with E-state index in [1.54, 1.807) is 12.1 Å². The summed E-state index contributed by atoms with van der Waals surface area (Å²) in [5.41, 5.74) is 6.10. The number of nitro groups is 1.